The van der Waals surface area contributed by atoms with Crippen molar-refractivity contribution in [3.63, 3.8) is 0 Å². The van der Waals surface area contributed by atoms with Crippen molar-refractivity contribution in [2.24, 2.45) is 0 Å². The molecule has 0 saturated carbocycles. The summed E-state index contributed by atoms with van der Waals surface area (Å²) in [5.74, 6) is -1.01. The van der Waals surface area contributed by atoms with Gasteiger partial charge in [-0.25, -0.2) is 0 Å². The van der Waals surface area contributed by atoms with Crippen LogP contribution in [0.2, 0.25) is 0 Å². The highest BCUT2D eigenvalue weighted by molar-refractivity contribution is 5.71. The highest BCUT2D eigenvalue weighted by atomic mass is 16.6. The average molecular weight is 1120 g/mol. The minimum atomic E-state index is -0.824. The lowest BCUT2D eigenvalue weighted by atomic mass is 10.0. The molecular formula is C75H124O6. The summed E-state index contributed by atoms with van der Waals surface area (Å²) < 4.78 is 16.9. The van der Waals surface area contributed by atoms with Crippen molar-refractivity contribution in [3.8, 4) is 0 Å². The van der Waals surface area contributed by atoms with E-state index in [0.29, 0.717) is 19.3 Å². The van der Waals surface area contributed by atoms with Gasteiger partial charge in [0.15, 0.2) is 6.10 Å². The van der Waals surface area contributed by atoms with Gasteiger partial charge in [-0.1, -0.05) is 289 Å². The fraction of sp³-hybridized carbons (Fsp3) is 0.667. The van der Waals surface area contributed by atoms with Crippen molar-refractivity contribution >= 4 is 17.9 Å². The smallest absolute Gasteiger partial charge is 0.306 e. The zero-order chi connectivity index (χ0) is 58.5. The molecule has 1 atom stereocenters. The Balaban J connectivity index is 4.51. The molecule has 0 aliphatic carbocycles. The Morgan fingerprint density at radius 3 is 0.827 bits per heavy atom. The van der Waals surface area contributed by atoms with Gasteiger partial charge in [0.05, 0.1) is 0 Å². The van der Waals surface area contributed by atoms with E-state index in [9.17, 15) is 14.4 Å². The minimum Gasteiger partial charge on any atom is -0.462 e. The summed E-state index contributed by atoms with van der Waals surface area (Å²) in [6.07, 6.45) is 96.1. The Morgan fingerprint density at radius 1 is 0.259 bits per heavy atom. The van der Waals surface area contributed by atoms with Crippen LogP contribution in [-0.4, -0.2) is 37.2 Å². The number of rotatable bonds is 60. The van der Waals surface area contributed by atoms with Gasteiger partial charge in [0, 0.05) is 19.3 Å². The summed E-state index contributed by atoms with van der Waals surface area (Å²) in [7, 11) is 0. The lowest BCUT2D eigenvalue weighted by Crippen LogP contribution is -2.30. The molecule has 6 nitrogen and oxygen atoms in total. The second kappa shape index (κ2) is 68.1. The number of hydrogen-bond acceptors (Lipinski definition) is 6. The number of allylic oxidation sites excluding steroid dienone is 22. The van der Waals surface area contributed by atoms with E-state index in [0.717, 1.165) is 109 Å². The molecule has 81 heavy (non-hydrogen) atoms. The summed E-state index contributed by atoms with van der Waals surface area (Å²) in [5, 5.41) is 0. The summed E-state index contributed by atoms with van der Waals surface area (Å²) in [6, 6.07) is 0. The van der Waals surface area contributed by atoms with E-state index >= 15 is 0 Å². The quantitative estimate of drug-likeness (QED) is 0.0261. The Labute approximate surface area is 500 Å². The minimum absolute atomic E-state index is 0.111. The lowest BCUT2D eigenvalue weighted by Gasteiger charge is -2.18. The number of carbonyl (C=O) groups excluding carboxylic acids is 3. The van der Waals surface area contributed by atoms with Crippen molar-refractivity contribution < 1.29 is 28.6 Å². The van der Waals surface area contributed by atoms with Gasteiger partial charge < -0.3 is 14.2 Å². The van der Waals surface area contributed by atoms with Crippen LogP contribution in [0.5, 0.6) is 0 Å². The Kier molecular flexibility index (Phi) is 64.3. The van der Waals surface area contributed by atoms with Crippen molar-refractivity contribution in [2.75, 3.05) is 13.2 Å². The number of carbonyl (C=O) groups is 3. The van der Waals surface area contributed by atoms with E-state index < -0.39 is 6.10 Å². The van der Waals surface area contributed by atoms with Gasteiger partial charge in [-0.15, -0.1) is 0 Å². The molecule has 0 aromatic carbocycles. The number of esters is 3. The molecule has 460 valence electrons. The zero-order valence-corrected chi connectivity index (χ0v) is 52.8. The molecule has 0 aromatic rings. The van der Waals surface area contributed by atoms with Gasteiger partial charge in [-0.3, -0.25) is 14.4 Å². The zero-order valence-electron chi connectivity index (χ0n) is 52.8. The summed E-state index contributed by atoms with van der Waals surface area (Å²) in [6.45, 7) is 6.45. The van der Waals surface area contributed by atoms with Gasteiger partial charge in [-0.2, -0.15) is 0 Å². The molecule has 0 radical (unpaired) electrons. The van der Waals surface area contributed by atoms with Crippen LogP contribution in [0.1, 0.15) is 303 Å². The van der Waals surface area contributed by atoms with Crippen LogP contribution < -0.4 is 0 Å². The van der Waals surface area contributed by atoms with Crippen LogP contribution in [0.3, 0.4) is 0 Å². The molecule has 0 N–H and O–H groups in total. The summed E-state index contributed by atoms with van der Waals surface area (Å²) in [5.41, 5.74) is 0. The second-order valence-corrected chi connectivity index (χ2v) is 22.0. The Hall–Kier alpha value is -4.45. The van der Waals surface area contributed by atoms with Crippen LogP contribution in [0.15, 0.2) is 134 Å². The molecule has 0 heterocycles. The van der Waals surface area contributed by atoms with Gasteiger partial charge in [0.1, 0.15) is 13.2 Å². The fourth-order valence-corrected chi connectivity index (χ4v) is 9.09. The molecule has 0 aromatic heterocycles. The maximum Gasteiger partial charge on any atom is 0.306 e. The Bertz CT molecular complexity index is 1720. The molecule has 0 aliphatic rings. The molecule has 0 rings (SSSR count). The first-order valence-electron chi connectivity index (χ1n) is 33.7. The number of hydrogen-bond donors (Lipinski definition) is 0. The lowest BCUT2D eigenvalue weighted by molar-refractivity contribution is -0.166. The fourth-order valence-electron chi connectivity index (χ4n) is 9.09. The highest BCUT2D eigenvalue weighted by Crippen LogP contribution is 2.15. The summed E-state index contributed by atoms with van der Waals surface area (Å²) >= 11 is 0. The van der Waals surface area contributed by atoms with E-state index in [1.165, 1.54) is 148 Å². The molecule has 0 amide bonds. The average Bonchev–Trinajstić information content (AvgIpc) is 3.47. The van der Waals surface area contributed by atoms with Gasteiger partial charge in [0.2, 0.25) is 0 Å². The van der Waals surface area contributed by atoms with E-state index in [1.807, 2.05) is 6.08 Å². The third kappa shape index (κ3) is 66.2. The summed E-state index contributed by atoms with van der Waals surface area (Å²) in [4.78, 5) is 38.4. The first-order chi connectivity index (χ1) is 40.0. The SMILES string of the molecule is CC/C=C\C/C=C\C/C=C\C/C=C\C/C=C\C/C=C\CCC(=O)OCC(COC(=O)CCCCCCCCCCCCC/C=C\C/C=C\CCCCCCC)OC(=O)CCCCCCCC/C=C\C/C=C\C/C=C\CCCCCCC. The molecule has 0 spiro atoms. The molecule has 0 bridgehead atoms. The standard InChI is InChI=1S/C75H124O6/c1-4-7-10-13-16-19-22-25-28-31-34-36-37-39-41-44-47-50-53-56-59-62-65-68-74(77)80-71-72(70-79-73(76)67-64-61-58-55-52-49-46-43-40-33-30-27-24-21-18-15-12-9-6-3)81-75(78)69-66-63-60-57-54-51-48-45-42-38-35-32-29-26-23-20-17-14-11-8-5-2/h9,12,18,21-23,25-27,30-32,34-35,40,42-43,45,49,52,58,61,72H,4-8,10-11,13-17,19-20,24,28-29,33,36-39,41,44,46-48,50-51,53-57,59-60,62-71H2,1-3H3/b12-9-,21-18-,25-22-,26-23-,30-27-,34-31-,35-32-,43-40-,45-42-,52-49-,61-58-. The van der Waals surface area contributed by atoms with Crippen LogP contribution in [-0.2, 0) is 28.6 Å². The van der Waals surface area contributed by atoms with Crippen molar-refractivity contribution in [2.45, 2.75) is 309 Å². The predicted octanol–water partition coefficient (Wildman–Crippen LogP) is 23.3. The number of unbranched alkanes of at least 4 members (excludes halogenated alkanes) is 27. The molecule has 6 heteroatoms. The molecule has 0 fully saturated rings. The molecular weight excluding hydrogens is 997 g/mol. The van der Waals surface area contributed by atoms with Gasteiger partial charge >= 0.3 is 17.9 Å². The maximum absolute atomic E-state index is 12.9. The van der Waals surface area contributed by atoms with Crippen LogP contribution >= 0.6 is 0 Å². The molecule has 0 aliphatic heterocycles. The van der Waals surface area contributed by atoms with E-state index in [-0.39, 0.29) is 37.5 Å². The second-order valence-electron chi connectivity index (χ2n) is 22.0. The third-order valence-electron chi connectivity index (χ3n) is 14.1. The first kappa shape index (κ1) is 76.5. The van der Waals surface area contributed by atoms with E-state index in [2.05, 4.69) is 148 Å². The van der Waals surface area contributed by atoms with Gasteiger partial charge in [0.25, 0.3) is 0 Å². The van der Waals surface area contributed by atoms with Crippen LogP contribution in [0.25, 0.3) is 0 Å². The largest absolute Gasteiger partial charge is 0.462 e. The van der Waals surface area contributed by atoms with Crippen LogP contribution in [0.4, 0.5) is 0 Å². The first-order valence-corrected chi connectivity index (χ1v) is 33.7. The van der Waals surface area contributed by atoms with Crippen molar-refractivity contribution in [1.29, 1.82) is 0 Å². The number of ether oxygens (including phenoxy) is 3. The van der Waals surface area contributed by atoms with Crippen LogP contribution in [0, 0.1) is 0 Å². The van der Waals surface area contributed by atoms with Gasteiger partial charge in [-0.05, 0) is 128 Å². The predicted molar refractivity (Wildman–Crippen MR) is 353 cm³/mol. The van der Waals surface area contributed by atoms with E-state index in [1.54, 1.807) is 0 Å². The molecule has 1 unspecified atom stereocenters. The monoisotopic (exact) mass is 1120 g/mol. The topological polar surface area (TPSA) is 78.9 Å². The molecule has 0 saturated heterocycles. The maximum atomic E-state index is 12.9. The highest BCUT2D eigenvalue weighted by Gasteiger charge is 2.19. The van der Waals surface area contributed by atoms with E-state index in [4.69, 9.17) is 14.2 Å². The van der Waals surface area contributed by atoms with Crippen molar-refractivity contribution in [1.82, 2.24) is 0 Å². The normalized spacial score (nSPS) is 13.0. The Morgan fingerprint density at radius 2 is 0.506 bits per heavy atom. The third-order valence-corrected chi connectivity index (χ3v) is 14.1. The van der Waals surface area contributed by atoms with Crippen molar-refractivity contribution in [3.05, 3.63) is 134 Å².